The van der Waals surface area contributed by atoms with Gasteiger partial charge in [-0.05, 0) is 36.2 Å². The van der Waals surface area contributed by atoms with Crippen molar-refractivity contribution >= 4 is 35.0 Å². The maximum atomic E-state index is 13.1. The van der Waals surface area contributed by atoms with Crippen molar-refractivity contribution in [2.45, 2.75) is 20.4 Å². The number of carbonyl (C=O) groups is 2. The quantitative estimate of drug-likeness (QED) is 0.538. The lowest BCUT2D eigenvalue weighted by molar-refractivity contribution is -0.133. The SMILES string of the molecule is C=CCN(CC(=O)N(Cc1cccn1C)CC(C)C)C(=O)c1ccc(Cl)c(Cl)c1. The monoisotopic (exact) mass is 435 g/mol. The number of hydrogen-bond donors (Lipinski definition) is 0. The van der Waals surface area contributed by atoms with Gasteiger partial charge in [0.2, 0.25) is 5.91 Å². The summed E-state index contributed by atoms with van der Waals surface area (Å²) in [5.41, 5.74) is 1.41. The molecule has 1 aromatic carbocycles. The molecule has 2 amide bonds. The van der Waals surface area contributed by atoms with E-state index < -0.39 is 0 Å². The molecular weight excluding hydrogens is 409 g/mol. The Morgan fingerprint density at radius 2 is 1.90 bits per heavy atom. The minimum Gasteiger partial charge on any atom is -0.353 e. The van der Waals surface area contributed by atoms with Crippen LogP contribution in [-0.2, 0) is 18.4 Å². The zero-order valence-corrected chi connectivity index (χ0v) is 18.6. The van der Waals surface area contributed by atoms with Crippen LogP contribution in [0.1, 0.15) is 29.9 Å². The summed E-state index contributed by atoms with van der Waals surface area (Å²) in [6, 6.07) is 8.63. The fourth-order valence-electron chi connectivity index (χ4n) is 3.00. The van der Waals surface area contributed by atoms with Crippen LogP contribution >= 0.6 is 23.2 Å². The van der Waals surface area contributed by atoms with Crippen molar-refractivity contribution in [2.75, 3.05) is 19.6 Å². The van der Waals surface area contributed by atoms with Gasteiger partial charge in [-0.25, -0.2) is 0 Å². The molecule has 0 atom stereocenters. The molecular formula is C22H27Cl2N3O2. The Hall–Kier alpha value is -2.24. The Labute approximate surface area is 182 Å². The summed E-state index contributed by atoms with van der Waals surface area (Å²) >= 11 is 12.0. The van der Waals surface area contributed by atoms with E-state index in [2.05, 4.69) is 20.4 Å². The van der Waals surface area contributed by atoms with Crippen LogP contribution in [0.25, 0.3) is 0 Å². The van der Waals surface area contributed by atoms with Crippen LogP contribution in [0.4, 0.5) is 0 Å². The third-order valence-electron chi connectivity index (χ3n) is 4.47. The van der Waals surface area contributed by atoms with Crippen LogP contribution in [0.3, 0.4) is 0 Å². The number of rotatable bonds is 9. The fraction of sp³-hybridized carbons (Fsp3) is 0.364. The third-order valence-corrected chi connectivity index (χ3v) is 5.21. The summed E-state index contributed by atoms with van der Waals surface area (Å²) in [5.74, 6) is -0.104. The molecule has 0 bridgehead atoms. The third kappa shape index (κ3) is 6.38. The van der Waals surface area contributed by atoms with E-state index in [0.29, 0.717) is 34.6 Å². The van der Waals surface area contributed by atoms with E-state index in [1.807, 2.05) is 29.9 Å². The van der Waals surface area contributed by atoms with Crippen molar-refractivity contribution in [2.24, 2.45) is 13.0 Å². The standard InChI is InChI=1S/C22H27Cl2N3O2/c1-5-10-26(22(29)17-8-9-19(23)20(24)12-17)15-21(28)27(13-16(2)3)14-18-7-6-11-25(18)4/h5-9,11-12,16H,1,10,13-15H2,2-4H3. The first kappa shape index (κ1) is 23.0. The van der Waals surface area contributed by atoms with Gasteiger partial charge >= 0.3 is 0 Å². The maximum Gasteiger partial charge on any atom is 0.254 e. The van der Waals surface area contributed by atoms with E-state index >= 15 is 0 Å². The summed E-state index contributed by atoms with van der Waals surface area (Å²) in [6.07, 6.45) is 3.55. The highest BCUT2D eigenvalue weighted by molar-refractivity contribution is 6.42. The molecule has 2 aromatic rings. The second-order valence-electron chi connectivity index (χ2n) is 7.38. The molecule has 0 aliphatic rings. The fourth-order valence-corrected chi connectivity index (χ4v) is 3.30. The highest BCUT2D eigenvalue weighted by Gasteiger charge is 2.23. The molecule has 7 heteroatoms. The molecule has 1 aromatic heterocycles. The van der Waals surface area contributed by atoms with Crippen molar-refractivity contribution in [1.29, 1.82) is 0 Å². The number of amides is 2. The maximum absolute atomic E-state index is 13.1. The Morgan fingerprint density at radius 1 is 1.17 bits per heavy atom. The van der Waals surface area contributed by atoms with Gasteiger partial charge in [-0.15, -0.1) is 6.58 Å². The normalized spacial score (nSPS) is 10.8. The molecule has 0 aliphatic carbocycles. The van der Waals surface area contributed by atoms with Gasteiger partial charge in [-0.3, -0.25) is 9.59 Å². The molecule has 0 saturated carbocycles. The number of aromatic nitrogens is 1. The summed E-state index contributed by atoms with van der Waals surface area (Å²) in [7, 11) is 1.95. The van der Waals surface area contributed by atoms with Gasteiger partial charge in [-0.1, -0.05) is 43.1 Å². The molecule has 0 saturated heterocycles. The lowest BCUT2D eigenvalue weighted by Crippen LogP contribution is -2.44. The molecule has 1 heterocycles. The smallest absolute Gasteiger partial charge is 0.254 e. The lowest BCUT2D eigenvalue weighted by Gasteiger charge is -2.28. The zero-order valence-electron chi connectivity index (χ0n) is 17.1. The Kier molecular flexibility index (Phi) is 8.35. The molecule has 0 N–H and O–H groups in total. The van der Waals surface area contributed by atoms with Gasteiger partial charge in [0.25, 0.3) is 5.91 Å². The molecule has 29 heavy (non-hydrogen) atoms. The second kappa shape index (κ2) is 10.5. The Morgan fingerprint density at radius 3 is 2.45 bits per heavy atom. The van der Waals surface area contributed by atoms with Gasteiger partial charge in [0, 0.05) is 37.6 Å². The van der Waals surface area contributed by atoms with Gasteiger partial charge in [0.05, 0.1) is 16.6 Å². The minimum absolute atomic E-state index is 0.0394. The largest absolute Gasteiger partial charge is 0.353 e. The van der Waals surface area contributed by atoms with Gasteiger partial charge in [0.1, 0.15) is 6.54 Å². The highest BCUT2D eigenvalue weighted by Crippen LogP contribution is 2.23. The minimum atomic E-state index is -0.291. The Bertz CT molecular complexity index is 877. The molecule has 2 rings (SSSR count). The topological polar surface area (TPSA) is 45.6 Å². The van der Waals surface area contributed by atoms with Gasteiger partial charge in [0.15, 0.2) is 0 Å². The molecule has 0 spiro atoms. The average molecular weight is 436 g/mol. The van der Waals surface area contributed by atoms with Gasteiger partial charge in [-0.2, -0.15) is 0 Å². The first-order valence-electron chi connectivity index (χ1n) is 9.46. The molecule has 0 aliphatic heterocycles. The van der Waals surface area contributed by atoms with Crippen LogP contribution in [0.5, 0.6) is 0 Å². The van der Waals surface area contributed by atoms with Crippen LogP contribution in [0.2, 0.25) is 10.0 Å². The first-order chi connectivity index (χ1) is 13.7. The Balaban J connectivity index is 2.19. The molecule has 0 radical (unpaired) electrons. The van der Waals surface area contributed by atoms with E-state index in [0.717, 1.165) is 5.69 Å². The summed E-state index contributed by atoms with van der Waals surface area (Å²) < 4.78 is 1.99. The molecule has 5 nitrogen and oxygen atoms in total. The second-order valence-corrected chi connectivity index (χ2v) is 8.20. The van der Waals surface area contributed by atoms with Crippen LogP contribution < -0.4 is 0 Å². The van der Waals surface area contributed by atoms with Crippen molar-refractivity contribution < 1.29 is 9.59 Å². The van der Waals surface area contributed by atoms with Crippen LogP contribution in [-0.4, -0.2) is 45.8 Å². The number of hydrogen-bond acceptors (Lipinski definition) is 2. The number of benzene rings is 1. The van der Waals surface area contributed by atoms with Crippen molar-refractivity contribution in [3.8, 4) is 0 Å². The molecule has 0 fully saturated rings. The summed E-state index contributed by atoms with van der Waals surface area (Å²) in [6.45, 7) is 9.15. The van der Waals surface area contributed by atoms with Gasteiger partial charge < -0.3 is 14.4 Å². The van der Waals surface area contributed by atoms with Crippen molar-refractivity contribution in [3.63, 3.8) is 0 Å². The predicted octanol–water partition coefficient (Wildman–Crippen LogP) is 4.64. The molecule has 0 unspecified atom stereocenters. The number of halogens is 2. The summed E-state index contributed by atoms with van der Waals surface area (Å²) in [5, 5.41) is 0.674. The number of carbonyl (C=O) groups excluding carboxylic acids is 2. The lowest BCUT2D eigenvalue weighted by atomic mass is 10.1. The first-order valence-corrected chi connectivity index (χ1v) is 10.2. The highest BCUT2D eigenvalue weighted by atomic mass is 35.5. The van der Waals surface area contributed by atoms with Crippen molar-refractivity contribution in [3.05, 3.63) is 70.5 Å². The van der Waals surface area contributed by atoms with E-state index in [4.69, 9.17) is 23.2 Å². The van der Waals surface area contributed by atoms with Crippen LogP contribution in [0.15, 0.2) is 49.2 Å². The van der Waals surface area contributed by atoms with E-state index in [9.17, 15) is 9.59 Å². The summed E-state index contributed by atoms with van der Waals surface area (Å²) in [4.78, 5) is 29.3. The predicted molar refractivity (Wildman–Crippen MR) is 118 cm³/mol. The van der Waals surface area contributed by atoms with Crippen LogP contribution in [0, 0.1) is 5.92 Å². The number of aryl methyl sites for hydroxylation is 1. The van der Waals surface area contributed by atoms with E-state index in [-0.39, 0.29) is 24.9 Å². The average Bonchev–Trinajstić information content (AvgIpc) is 3.06. The van der Waals surface area contributed by atoms with E-state index in [1.165, 1.54) is 11.0 Å². The zero-order chi connectivity index (χ0) is 21.6. The van der Waals surface area contributed by atoms with Crippen molar-refractivity contribution in [1.82, 2.24) is 14.4 Å². The van der Waals surface area contributed by atoms with E-state index in [1.54, 1.807) is 23.1 Å². The molecule has 156 valence electrons. The number of nitrogens with zero attached hydrogens (tertiary/aromatic N) is 3.